The second-order valence-corrected chi connectivity index (χ2v) is 5.19. The van der Waals surface area contributed by atoms with E-state index in [9.17, 15) is 10.1 Å². The summed E-state index contributed by atoms with van der Waals surface area (Å²) in [7, 11) is 0. The third-order valence-corrected chi connectivity index (χ3v) is 3.54. The van der Waals surface area contributed by atoms with Gasteiger partial charge in [-0.1, -0.05) is 11.3 Å². The zero-order valence-corrected chi connectivity index (χ0v) is 9.79. The molecule has 0 N–H and O–H groups in total. The molecule has 0 aromatic carbocycles. The quantitative estimate of drug-likeness (QED) is 0.617. The largest absolute Gasteiger partial charge is 0.301 e. The van der Waals surface area contributed by atoms with Crippen molar-refractivity contribution in [3.63, 3.8) is 0 Å². The van der Waals surface area contributed by atoms with Crippen molar-refractivity contribution in [1.82, 2.24) is 15.2 Å². The number of rotatable bonds is 3. The molecule has 82 valence electrons. The summed E-state index contributed by atoms with van der Waals surface area (Å²) in [5.74, 6) is 0. The van der Waals surface area contributed by atoms with Crippen LogP contribution in [0.2, 0.25) is 0 Å². The molecule has 0 atom stereocenters. The molecule has 0 aliphatic rings. The van der Waals surface area contributed by atoms with Gasteiger partial charge in [-0.2, -0.15) is 0 Å². The lowest BCUT2D eigenvalue weighted by Gasteiger charge is -1.97. The molecule has 0 aliphatic heterocycles. The van der Waals surface area contributed by atoms with Gasteiger partial charge in [0.1, 0.15) is 5.01 Å². The Morgan fingerprint density at radius 3 is 2.94 bits per heavy atom. The molecule has 0 fully saturated rings. The molecule has 0 spiro atoms. The first-order chi connectivity index (χ1) is 7.66. The van der Waals surface area contributed by atoms with Crippen LogP contribution >= 0.6 is 23.1 Å². The summed E-state index contributed by atoms with van der Waals surface area (Å²) in [5, 5.41) is 19.6. The summed E-state index contributed by atoms with van der Waals surface area (Å²) in [6.45, 7) is 1.83. The van der Waals surface area contributed by atoms with Crippen LogP contribution in [0.25, 0.3) is 0 Å². The lowest BCUT2D eigenvalue weighted by molar-refractivity contribution is -0.388. The zero-order chi connectivity index (χ0) is 11.5. The van der Waals surface area contributed by atoms with E-state index in [0.717, 1.165) is 16.8 Å². The third-order valence-electron chi connectivity index (χ3n) is 1.64. The van der Waals surface area contributed by atoms with E-state index in [1.807, 2.05) is 6.92 Å². The number of aryl methyl sites for hydroxylation is 1. The van der Waals surface area contributed by atoms with Crippen LogP contribution in [0.5, 0.6) is 0 Å². The molecule has 2 heterocycles. The van der Waals surface area contributed by atoms with Gasteiger partial charge in [0.25, 0.3) is 0 Å². The summed E-state index contributed by atoms with van der Waals surface area (Å²) in [5.41, 5.74) is -0.0136. The van der Waals surface area contributed by atoms with E-state index in [1.54, 1.807) is 0 Å². The molecule has 0 saturated heterocycles. The van der Waals surface area contributed by atoms with Gasteiger partial charge in [0, 0.05) is 12.3 Å². The molecule has 6 nitrogen and oxygen atoms in total. The van der Waals surface area contributed by atoms with Gasteiger partial charge in [-0.05, 0) is 24.8 Å². The van der Waals surface area contributed by atoms with Gasteiger partial charge in [0.15, 0.2) is 9.37 Å². The molecule has 0 radical (unpaired) electrons. The molecular weight excluding hydrogens is 248 g/mol. The molecule has 0 saturated carbocycles. The van der Waals surface area contributed by atoms with Gasteiger partial charge >= 0.3 is 5.69 Å². The van der Waals surface area contributed by atoms with E-state index < -0.39 is 4.92 Å². The Bertz CT molecular complexity index is 528. The highest BCUT2D eigenvalue weighted by atomic mass is 32.2. The van der Waals surface area contributed by atoms with Crippen LogP contribution in [0, 0.1) is 17.0 Å². The maximum atomic E-state index is 10.7. The van der Waals surface area contributed by atoms with Crippen molar-refractivity contribution >= 4 is 28.8 Å². The van der Waals surface area contributed by atoms with Crippen LogP contribution in [0.15, 0.2) is 27.7 Å². The number of hydrogen-bond donors (Lipinski definition) is 0. The number of nitro groups is 1. The molecule has 0 amide bonds. The van der Waals surface area contributed by atoms with Crippen molar-refractivity contribution in [3.8, 4) is 0 Å². The minimum Gasteiger partial charge on any atom is -0.258 e. The Hall–Kier alpha value is -1.54. The van der Waals surface area contributed by atoms with Crippen molar-refractivity contribution < 1.29 is 4.92 Å². The minimum atomic E-state index is -0.455. The van der Waals surface area contributed by atoms with Gasteiger partial charge in [0.2, 0.25) is 0 Å². The fourth-order valence-electron chi connectivity index (χ4n) is 1.00. The van der Waals surface area contributed by atoms with E-state index in [-0.39, 0.29) is 5.69 Å². The summed E-state index contributed by atoms with van der Waals surface area (Å²) in [6, 6.07) is 2.96. The highest BCUT2D eigenvalue weighted by Gasteiger charge is 2.16. The van der Waals surface area contributed by atoms with Crippen molar-refractivity contribution in [2.75, 3.05) is 0 Å². The highest BCUT2D eigenvalue weighted by Crippen LogP contribution is 2.33. The van der Waals surface area contributed by atoms with Crippen LogP contribution in [-0.4, -0.2) is 20.1 Å². The predicted molar refractivity (Wildman–Crippen MR) is 59.7 cm³/mol. The lowest BCUT2D eigenvalue weighted by Crippen LogP contribution is -1.92. The van der Waals surface area contributed by atoms with Crippen LogP contribution in [0.1, 0.15) is 5.01 Å². The van der Waals surface area contributed by atoms with Crippen molar-refractivity contribution in [1.29, 1.82) is 0 Å². The van der Waals surface area contributed by atoms with E-state index in [0.29, 0.717) is 9.37 Å². The standard InChI is InChI=1S/C8H6N4O2S2/c1-5-10-11-8(15-5)16-7-6(12(13)14)3-2-4-9-7/h2-4H,1H3. The second kappa shape index (κ2) is 4.54. The van der Waals surface area contributed by atoms with Gasteiger partial charge < -0.3 is 0 Å². The Balaban J connectivity index is 2.31. The van der Waals surface area contributed by atoms with Gasteiger partial charge in [-0.15, -0.1) is 10.2 Å². The van der Waals surface area contributed by atoms with E-state index in [1.165, 1.54) is 29.7 Å². The third kappa shape index (κ3) is 2.34. The van der Waals surface area contributed by atoms with Crippen LogP contribution < -0.4 is 0 Å². The van der Waals surface area contributed by atoms with Gasteiger partial charge in [0.05, 0.1) is 4.92 Å². The van der Waals surface area contributed by atoms with Gasteiger partial charge in [-0.25, -0.2) is 4.98 Å². The summed E-state index contributed by atoms with van der Waals surface area (Å²) in [6.07, 6.45) is 1.52. The molecule has 16 heavy (non-hydrogen) atoms. The topological polar surface area (TPSA) is 81.8 Å². The molecule has 2 aromatic heterocycles. The molecule has 8 heteroatoms. The summed E-state index contributed by atoms with van der Waals surface area (Å²) >= 11 is 2.54. The first-order valence-electron chi connectivity index (χ1n) is 4.24. The first kappa shape index (κ1) is 11.0. The van der Waals surface area contributed by atoms with E-state index in [4.69, 9.17) is 0 Å². The smallest absolute Gasteiger partial charge is 0.258 e. The number of pyridine rings is 1. The molecule has 0 bridgehead atoms. The SMILES string of the molecule is Cc1nnc(Sc2ncccc2[N+](=O)[O-])s1. The molecular formula is C8H6N4O2S2. The minimum absolute atomic E-state index is 0.0136. The maximum Gasteiger partial charge on any atom is 0.301 e. The Morgan fingerprint density at radius 2 is 2.31 bits per heavy atom. The molecule has 0 aliphatic carbocycles. The van der Waals surface area contributed by atoms with Crippen LogP contribution in [0.4, 0.5) is 5.69 Å². The normalized spacial score (nSPS) is 10.3. The van der Waals surface area contributed by atoms with Crippen molar-refractivity contribution in [2.45, 2.75) is 16.3 Å². The fraction of sp³-hybridized carbons (Fsp3) is 0.125. The Kier molecular flexibility index (Phi) is 3.11. The number of hydrogen-bond acceptors (Lipinski definition) is 7. The monoisotopic (exact) mass is 254 g/mol. The van der Waals surface area contributed by atoms with Crippen molar-refractivity contribution in [2.24, 2.45) is 0 Å². The lowest BCUT2D eigenvalue weighted by atomic mass is 10.4. The molecule has 0 unspecified atom stereocenters. The average Bonchev–Trinajstić information content (AvgIpc) is 2.64. The number of nitrogens with zero attached hydrogens (tertiary/aromatic N) is 4. The summed E-state index contributed by atoms with van der Waals surface area (Å²) < 4.78 is 0.652. The zero-order valence-electron chi connectivity index (χ0n) is 8.15. The number of aromatic nitrogens is 3. The Morgan fingerprint density at radius 1 is 1.50 bits per heavy atom. The van der Waals surface area contributed by atoms with E-state index >= 15 is 0 Å². The fourth-order valence-corrected chi connectivity index (χ4v) is 2.79. The van der Waals surface area contributed by atoms with Crippen LogP contribution in [-0.2, 0) is 0 Å². The first-order valence-corrected chi connectivity index (χ1v) is 5.87. The van der Waals surface area contributed by atoms with Crippen molar-refractivity contribution in [3.05, 3.63) is 33.5 Å². The molecule has 2 rings (SSSR count). The average molecular weight is 254 g/mol. The molecule has 2 aromatic rings. The van der Waals surface area contributed by atoms with Gasteiger partial charge in [-0.3, -0.25) is 10.1 Å². The van der Waals surface area contributed by atoms with Crippen LogP contribution in [0.3, 0.4) is 0 Å². The highest BCUT2D eigenvalue weighted by molar-refractivity contribution is 8.01. The summed E-state index contributed by atoms with van der Waals surface area (Å²) in [4.78, 5) is 14.2. The predicted octanol–water partition coefficient (Wildman–Crippen LogP) is 2.30. The van der Waals surface area contributed by atoms with E-state index in [2.05, 4.69) is 15.2 Å². The Labute approximate surface area is 98.9 Å². The second-order valence-electron chi connectivity index (χ2n) is 2.77. The maximum absolute atomic E-state index is 10.7.